The summed E-state index contributed by atoms with van der Waals surface area (Å²) >= 11 is 0. The molecular weight excluding hydrogens is 276 g/mol. The third-order valence-electron chi connectivity index (χ3n) is 3.49. The first-order chi connectivity index (χ1) is 9.41. The number of amides is 1. The molecule has 1 aromatic rings. The molecule has 1 amide bonds. The summed E-state index contributed by atoms with van der Waals surface area (Å²) in [6, 6.07) is 8.03. The lowest BCUT2D eigenvalue weighted by molar-refractivity contribution is -0.130. The molecule has 0 aromatic heterocycles. The van der Waals surface area contributed by atoms with E-state index in [1.54, 1.807) is 36.1 Å². The van der Waals surface area contributed by atoms with Gasteiger partial charge in [0.25, 0.3) is 0 Å². The van der Waals surface area contributed by atoms with Gasteiger partial charge >= 0.3 is 0 Å². The summed E-state index contributed by atoms with van der Waals surface area (Å²) in [6.45, 7) is 3.08. The molecule has 5 nitrogen and oxygen atoms in total. The van der Waals surface area contributed by atoms with Gasteiger partial charge in [0, 0.05) is 13.1 Å². The number of hydrogen-bond donors (Lipinski definition) is 0. The van der Waals surface area contributed by atoms with Crippen LogP contribution in [0.3, 0.4) is 0 Å². The normalized spacial score (nSPS) is 17.0. The fraction of sp³-hybridized carbons (Fsp3) is 0.500. The largest absolute Gasteiger partial charge is 0.341 e. The summed E-state index contributed by atoms with van der Waals surface area (Å²) in [5.41, 5.74) is 0.523. The van der Waals surface area contributed by atoms with Gasteiger partial charge in [-0.1, -0.05) is 18.2 Å². The molecule has 20 heavy (non-hydrogen) atoms. The fourth-order valence-corrected chi connectivity index (χ4v) is 3.75. The van der Waals surface area contributed by atoms with Gasteiger partial charge in [-0.25, -0.2) is 8.42 Å². The molecule has 110 valence electrons. The van der Waals surface area contributed by atoms with E-state index in [0.29, 0.717) is 5.69 Å². The van der Waals surface area contributed by atoms with Crippen LogP contribution in [-0.2, 0) is 14.8 Å². The van der Waals surface area contributed by atoms with E-state index in [1.807, 2.05) is 6.07 Å². The third-order valence-corrected chi connectivity index (χ3v) is 4.74. The Balaban J connectivity index is 2.30. The molecule has 0 aliphatic carbocycles. The summed E-state index contributed by atoms with van der Waals surface area (Å²) in [7, 11) is -3.51. The lowest BCUT2D eigenvalue weighted by Crippen LogP contribution is -2.48. The van der Waals surface area contributed by atoms with Gasteiger partial charge in [-0.15, -0.1) is 0 Å². The van der Waals surface area contributed by atoms with Gasteiger partial charge < -0.3 is 4.90 Å². The highest BCUT2D eigenvalue weighted by atomic mass is 32.2. The van der Waals surface area contributed by atoms with Gasteiger partial charge in [0.05, 0.1) is 11.9 Å². The van der Waals surface area contributed by atoms with Crippen molar-refractivity contribution in [3.8, 4) is 0 Å². The van der Waals surface area contributed by atoms with E-state index in [-0.39, 0.29) is 5.91 Å². The molecule has 0 N–H and O–H groups in total. The van der Waals surface area contributed by atoms with E-state index in [4.69, 9.17) is 0 Å². The number of anilines is 1. The molecule has 1 aliphatic heterocycles. The predicted octanol–water partition coefficient (Wildman–Crippen LogP) is 1.46. The third kappa shape index (κ3) is 3.12. The summed E-state index contributed by atoms with van der Waals surface area (Å²) < 4.78 is 25.3. The van der Waals surface area contributed by atoms with Crippen LogP contribution >= 0.6 is 0 Å². The summed E-state index contributed by atoms with van der Waals surface area (Å²) in [5.74, 6) is -0.128. The summed E-state index contributed by atoms with van der Waals surface area (Å²) in [6.07, 6.45) is 3.11. The molecule has 1 fully saturated rings. The number of para-hydroxylation sites is 1. The van der Waals surface area contributed by atoms with E-state index in [2.05, 4.69) is 0 Å². The van der Waals surface area contributed by atoms with E-state index in [9.17, 15) is 13.2 Å². The van der Waals surface area contributed by atoms with Crippen LogP contribution in [0.1, 0.15) is 19.8 Å². The molecule has 1 saturated heterocycles. The molecule has 0 spiro atoms. The molecule has 1 atom stereocenters. The molecule has 0 saturated carbocycles. The first kappa shape index (κ1) is 14.8. The van der Waals surface area contributed by atoms with Crippen LogP contribution in [0.4, 0.5) is 5.69 Å². The Hall–Kier alpha value is -1.56. The van der Waals surface area contributed by atoms with Crippen molar-refractivity contribution < 1.29 is 13.2 Å². The molecule has 1 aliphatic rings. The van der Waals surface area contributed by atoms with Gasteiger partial charge in [0.2, 0.25) is 15.9 Å². The first-order valence-electron chi connectivity index (χ1n) is 6.74. The lowest BCUT2D eigenvalue weighted by atomic mass is 10.2. The van der Waals surface area contributed by atoms with Gasteiger partial charge in [0.15, 0.2) is 0 Å². The van der Waals surface area contributed by atoms with E-state index in [1.165, 1.54) is 4.31 Å². The standard InChI is InChI=1S/C14H20N2O3S/c1-12(14(17)15-10-6-7-11-15)16(20(2,18)19)13-8-4-3-5-9-13/h3-5,8-9,12H,6-7,10-11H2,1-2H3/t12-/m1/s1. The maximum absolute atomic E-state index is 12.4. The molecule has 0 unspecified atom stereocenters. The molecule has 1 aromatic carbocycles. The zero-order valence-corrected chi connectivity index (χ0v) is 12.6. The number of benzene rings is 1. The summed E-state index contributed by atoms with van der Waals surface area (Å²) in [4.78, 5) is 14.2. The number of carbonyl (C=O) groups excluding carboxylic acids is 1. The molecule has 1 heterocycles. The molecular formula is C14H20N2O3S. The smallest absolute Gasteiger partial charge is 0.246 e. The van der Waals surface area contributed by atoms with Crippen molar-refractivity contribution in [2.75, 3.05) is 23.7 Å². The zero-order chi connectivity index (χ0) is 14.8. The second kappa shape index (κ2) is 5.83. The van der Waals surface area contributed by atoms with Crippen LogP contribution < -0.4 is 4.31 Å². The van der Waals surface area contributed by atoms with Gasteiger partial charge in [-0.05, 0) is 31.9 Å². The fourth-order valence-electron chi connectivity index (χ4n) is 2.58. The Kier molecular flexibility index (Phi) is 4.32. The Bertz CT molecular complexity index is 565. The van der Waals surface area contributed by atoms with Crippen LogP contribution in [0, 0.1) is 0 Å². The minimum atomic E-state index is -3.51. The number of hydrogen-bond acceptors (Lipinski definition) is 3. The van der Waals surface area contributed by atoms with E-state index in [0.717, 1.165) is 32.2 Å². The zero-order valence-electron chi connectivity index (χ0n) is 11.8. The van der Waals surface area contributed by atoms with Crippen LogP contribution in [0.5, 0.6) is 0 Å². The molecule has 6 heteroatoms. The van der Waals surface area contributed by atoms with Crippen LogP contribution in [0.15, 0.2) is 30.3 Å². The molecule has 0 radical (unpaired) electrons. The summed E-state index contributed by atoms with van der Waals surface area (Å²) in [5, 5.41) is 0. The maximum Gasteiger partial charge on any atom is 0.246 e. The highest BCUT2D eigenvalue weighted by Crippen LogP contribution is 2.22. The average Bonchev–Trinajstić information content (AvgIpc) is 2.91. The van der Waals surface area contributed by atoms with E-state index < -0.39 is 16.1 Å². The second-order valence-corrected chi connectivity index (χ2v) is 6.96. The number of carbonyl (C=O) groups is 1. The van der Waals surface area contributed by atoms with Crippen LogP contribution in [0.25, 0.3) is 0 Å². The Morgan fingerprint density at radius 3 is 2.25 bits per heavy atom. The topological polar surface area (TPSA) is 57.7 Å². The van der Waals surface area contributed by atoms with Crippen LogP contribution in [0.2, 0.25) is 0 Å². The minimum Gasteiger partial charge on any atom is -0.341 e. The quantitative estimate of drug-likeness (QED) is 0.845. The molecule has 0 bridgehead atoms. The minimum absolute atomic E-state index is 0.128. The van der Waals surface area contributed by atoms with Crippen LogP contribution in [-0.4, -0.2) is 44.6 Å². The van der Waals surface area contributed by atoms with Crippen molar-refractivity contribution in [2.24, 2.45) is 0 Å². The van der Waals surface area contributed by atoms with Gasteiger partial charge in [-0.2, -0.15) is 0 Å². The first-order valence-corrected chi connectivity index (χ1v) is 8.59. The lowest BCUT2D eigenvalue weighted by Gasteiger charge is -2.30. The highest BCUT2D eigenvalue weighted by Gasteiger charge is 2.32. The van der Waals surface area contributed by atoms with E-state index >= 15 is 0 Å². The Morgan fingerprint density at radius 1 is 1.20 bits per heavy atom. The van der Waals surface area contributed by atoms with Crippen molar-refractivity contribution >= 4 is 21.6 Å². The van der Waals surface area contributed by atoms with Crippen molar-refractivity contribution in [1.82, 2.24) is 4.90 Å². The average molecular weight is 296 g/mol. The van der Waals surface area contributed by atoms with Gasteiger partial charge in [-0.3, -0.25) is 9.10 Å². The van der Waals surface area contributed by atoms with Crippen molar-refractivity contribution in [1.29, 1.82) is 0 Å². The number of rotatable bonds is 4. The highest BCUT2D eigenvalue weighted by molar-refractivity contribution is 7.92. The monoisotopic (exact) mass is 296 g/mol. The second-order valence-electron chi connectivity index (χ2n) is 5.10. The van der Waals surface area contributed by atoms with Crippen molar-refractivity contribution in [2.45, 2.75) is 25.8 Å². The number of sulfonamides is 1. The maximum atomic E-state index is 12.4. The van der Waals surface area contributed by atoms with Crippen molar-refractivity contribution in [3.63, 3.8) is 0 Å². The Labute approximate surface area is 120 Å². The molecule has 2 rings (SSSR count). The van der Waals surface area contributed by atoms with Gasteiger partial charge in [0.1, 0.15) is 6.04 Å². The SMILES string of the molecule is C[C@H](C(=O)N1CCCC1)N(c1ccccc1)S(C)(=O)=O. The number of nitrogens with zero attached hydrogens (tertiary/aromatic N) is 2. The Morgan fingerprint density at radius 2 is 1.75 bits per heavy atom. The number of likely N-dealkylation sites (tertiary alicyclic amines) is 1. The van der Waals surface area contributed by atoms with Crippen molar-refractivity contribution in [3.05, 3.63) is 30.3 Å². The predicted molar refractivity (Wildman–Crippen MR) is 79.0 cm³/mol.